The topological polar surface area (TPSA) is 72.2 Å². The van der Waals surface area contributed by atoms with Crippen molar-refractivity contribution in [2.75, 3.05) is 10.5 Å². The molecular weight excluding hydrogens is 274 g/mol. The van der Waals surface area contributed by atoms with Crippen LogP contribution in [0.15, 0.2) is 47.4 Å². The second-order valence-corrected chi connectivity index (χ2v) is 5.42. The molecule has 2 aromatic rings. The average Bonchev–Trinajstić information content (AvgIpc) is 2.35. The summed E-state index contributed by atoms with van der Waals surface area (Å²) in [5.41, 5.74) is 5.87. The van der Waals surface area contributed by atoms with Crippen molar-refractivity contribution in [2.24, 2.45) is 0 Å². The van der Waals surface area contributed by atoms with Gasteiger partial charge in [0.2, 0.25) is 0 Å². The Morgan fingerprint density at radius 1 is 1.05 bits per heavy atom. The monoisotopic (exact) mass is 284 g/mol. The Morgan fingerprint density at radius 2 is 1.74 bits per heavy atom. The summed E-state index contributed by atoms with van der Waals surface area (Å²) in [5.74, 6) is -1.88. The van der Waals surface area contributed by atoms with Crippen LogP contribution in [0.1, 0.15) is 0 Å². The summed E-state index contributed by atoms with van der Waals surface area (Å²) in [6, 6.07) is 8.29. The lowest BCUT2D eigenvalue weighted by atomic mass is 10.3. The third-order valence-electron chi connectivity index (χ3n) is 2.39. The largest absolute Gasteiger partial charge is 0.397 e. The third kappa shape index (κ3) is 2.82. The highest BCUT2D eigenvalue weighted by Crippen LogP contribution is 2.23. The standard InChI is InChI=1S/C12H10F2N2O2S/c13-8-5-6-9(14)12(7-8)19(17,18)16-11-4-2-1-3-10(11)15/h1-7,16H,15H2. The van der Waals surface area contributed by atoms with Crippen LogP contribution in [0.2, 0.25) is 0 Å². The van der Waals surface area contributed by atoms with Crippen LogP contribution in [0.3, 0.4) is 0 Å². The molecule has 7 heteroatoms. The Hall–Kier alpha value is -2.15. The summed E-state index contributed by atoms with van der Waals surface area (Å²) in [4.78, 5) is -0.768. The van der Waals surface area contributed by atoms with Crippen molar-refractivity contribution in [3.63, 3.8) is 0 Å². The average molecular weight is 284 g/mol. The zero-order valence-electron chi connectivity index (χ0n) is 9.60. The number of sulfonamides is 1. The lowest BCUT2D eigenvalue weighted by Gasteiger charge is -2.10. The molecule has 0 amide bonds. The lowest BCUT2D eigenvalue weighted by Crippen LogP contribution is -2.15. The van der Waals surface area contributed by atoms with Gasteiger partial charge in [0, 0.05) is 0 Å². The highest BCUT2D eigenvalue weighted by Gasteiger charge is 2.20. The van der Waals surface area contributed by atoms with Gasteiger partial charge in [-0.25, -0.2) is 17.2 Å². The number of anilines is 2. The van der Waals surface area contributed by atoms with E-state index in [-0.39, 0.29) is 11.4 Å². The first-order valence-electron chi connectivity index (χ1n) is 5.22. The van der Waals surface area contributed by atoms with Crippen LogP contribution in [0.5, 0.6) is 0 Å². The first-order chi connectivity index (χ1) is 8.90. The van der Waals surface area contributed by atoms with Gasteiger partial charge in [-0.3, -0.25) is 4.72 Å². The predicted molar refractivity (Wildman–Crippen MR) is 68.0 cm³/mol. The summed E-state index contributed by atoms with van der Waals surface area (Å²) in [7, 11) is -4.23. The molecule has 0 fully saturated rings. The normalized spacial score (nSPS) is 11.3. The van der Waals surface area contributed by atoms with Crippen LogP contribution in [0, 0.1) is 11.6 Å². The smallest absolute Gasteiger partial charge is 0.264 e. The molecule has 0 saturated carbocycles. The number of halogens is 2. The van der Waals surface area contributed by atoms with Gasteiger partial charge in [0.1, 0.15) is 16.5 Å². The van der Waals surface area contributed by atoms with Gasteiger partial charge in [-0.05, 0) is 30.3 Å². The SMILES string of the molecule is Nc1ccccc1NS(=O)(=O)c1cc(F)ccc1F. The first kappa shape index (κ1) is 13.3. The van der Waals surface area contributed by atoms with Gasteiger partial charge in [-0.1, -0.05) is 12.1 Å². The molecule has 0 unspecified atom stereocenters. The molecule has 0 bridgehead atoms. The van der Waals surface area contributed by atoms with Crippen molar-refractivity contribution >= 4 is 21.4 Å². The number of nitrogens with one attached hydrogen (secondary N) is 1. The van der Waals surface area contributed by atoms with E-state index in [9.17, 15) is 17.2 Å². The molecule has 0 aromatic heterocycles. The summed E-state index contributed by atoms with van der Waals surface area (Å²) < 4.78 is 52.5. The fourth-order valence-electron chi connectivity index (χ4n) is 1.47. The summed E-state index contributed by atoms with van der Waals surface area (Å²) >= 11 is 0. The zero-order valence-corrected chi connectivity index (χ0v) is 10.4. The van der Waals surface area contributed by atoms with Crippen LogP contribution >= 0.6 is 0 Å². The summed E-state index contributed by atoms with van der Waals surface area (Å²) in [6.07, 6.45) is 0. The molecule has 0 aliphatic rings. The van der Waals surface area contributed by atoms with E-state index in [1.807, 2.05) is 0 Å². The van der Waals surface area contributed by atoms with E-state index in [0.717, 1.165) is 12.1 Å². The molecule has 0 aliphatic heterocycles. The number of benzene rings is 2. The number of nitrogens with two attached hydrogens (primary N) is 1. The number of hydrogen-bond acceptors (Lipinski definition) is 3. The van der Waals surface area contributed by atoms with Crippen LogP contribution in [-0.4, -0.2) is 8.42 Å². The van der Waals surface area contributed by atoms with Crippen molar-refractivity contribution in [1.82, 2.24) is 0 Å². The number of rotatable bonds is 3. The molecule has 4 nitrogen and oxygen atoms in total. The molecule has 19 heavy (non-hydrogen) atoms. The van der Waals surface area contributed by atoms with Crippen molar-refractivity contribution in [3.8, 4) is 0 Å². The van der Waals surface area contributed by atoms with E-state index in [4.69, 9.17) is 5.73 Å². The van der Waals surface area contributed by atoms with Crippen molar-refractivity contribution in [2.45, 2.75) is 4.90 Å². The molecule has 0 aliphatic carbocycles. The van der Waals surface area contributed by atoms with Crippen molar-refractivity contribution < 1.29 is 17.2 Å². The van der Waals surface area contributed by atoms with Crippen LogP contribution in [-0.2, 0) is 10.0 Å². The molecule has 0 radical (unpaired) electrons. The van der Waals surface area contributed by atoms with Gasteiger partial charge in [-0.15, -0.1) is 0 Å². The number of hydrogen-bond donors (Lipinski definition) is 2. The van der Waals surface area contributed by atoms with E-state index in [0.29, 0.717) is 6.07 Å². The minimum atomic E-state index is -4.23. The van der Waals surface area contributed by atoms with Crippen molar-refractivity contribution in [3.05, 3.63) is 54.1 Å². The maximum atomic E-state index is 13.5. The summed E-state index contributed by atoms with van der Waals surface area (Å²) in [6.45, 7) is 0. The van der Waals surface area contributed by atoms with Crippen LogP contribution in [0.4, 0.5) is 20.2 Å². The molecular formula is C12H10F2N2O2S. The van der Waals surface area contributed by atoms with E-state index in [2.05, 4.69) is 4.72 Å². The predicted octanol–water partition coefficient (Wildman–Crippen LogP) is 2.35. The molecule has 2 rings (SSSR count). The third-order valence-corrected chi connectivity index (χ3v) is 3.77. The second kappa shape index (κ2) is 4.85. The zero-order chi connectivity index (χ0) is 14.0. The molecule has 0 atom stereocenters. The van der Waals surface area contributed by atoms with E-state index >= 15 is 0 Å². The van der Waals surface area contributed by atoms with Crippen LogP contribution < -0.4 is 10.5 Å². The molecule has 0 saturated heterocycles. The number of para-hydroxylation sites is 2. The quantitative estimate of drug-likeness (QED) is 0.850. The molecule has 2 aromatic carbocycles. The van der Waals surface area contributed by atoms with Gasteiger partial charge in [0.25, 0.3) is 10.0 Å². The highest BCUT2D eigenvalue weighted by molar-refractivity contribution is 7.92. The Kier molecular flexibility index (Phi) is 3.39. The van der Waals surface area contributed by atoms with Gasteiger partial charge >= 0.3 is 0 Å². The van der Waals surface area contributed by atoms with Crippen LogP contribution in [0.25, 0.3) is 0 Å². The van der Waals surface area contributed by atoms with Gasteiger partial charge < -0.3 is 5.73 Å². The first-order valence-corrected chi connectivity index (χ1v) is 6.71. The highest BCUT2D eigenvalue weighted by atomic mass is 32.2. The fraction of sp³-hybridized carbons (Fsp3) is 0. The fourth-order valence-corrected chi connectivity index (χ4v) is 2.65. The Morgan fingerprint density at radius 3 is 2.42 bits per heavy atom. The maximum Gasteiger partial charge on any atom is 0.264 e. The van der Waals surface area contributed by atoms with E-state index in [1.54, 1.807) is 12.1 Å². The molecule has 3 N–H and O–H groups in total. The molecule has 0 heterocycles. The molecule has 100 valence electrons. The van der Waals surface area contributed by atoms with Gasteiger partial charge in [-0.2, -0.15) is 0 Å². The Labute approximate surface area is 108 Å². The van der Waals surface area contributed by atoms with E-state index < -0.39 is 26.6 Å². The summed E-state index contributed by atoms with van der Waals surface area (Å²) in [5, 5.41) is 0. The minimum Gasteiger partial charge on any atom is -0.397 e. The lowest BCUT2D eigenvalue weighted by molar-refractivity contribution is 0.555. The van der Waals surface area contributed by atoms with E-state index in [1.165, 1.54) is 12.1 Å². The Bertz CT molecular complexity index is 717. The number of nitrogen functional groups attached to an aromatic ring is 1. The second-order valence-electron chi connectivity index (χ2n) is 3.77. The van der Waals surface area contributed by atoms with Gasteiger partial charge in [0.15, 0.2) is 0 Å². The molecule has 0 spiro atoms. The van der Waals surface area contributed by atoms with Gasteiger partial charge in [0.05, 0.1) is 11.4 Å². The minimum absolute atomic E-state index is 0.103. The van der Waals surface area contributed by atoms with Crippen molar-refractivity contribution in [1.29, 1.82) is 0 Å². The Balaban J connectivity index is 2.44. The maximum absolute atomic E-state index is 13.5.